The third-order valence-electron chi connectivity index (χ3n) is 3.97. The Balaban J connectivity index is 1.36. The van der Waals surface area contributed by atoms with E-state index < -0.39 is 0 Å². The second-order valence-electron chi connectivity index (χ2n) is 5.61. The highest BCUT2D eigenvalue weighted by Gasteiger charge is 2.20. The van der Waals surface area contributed by atoms with Crippen LogP contribution in [0.5, 0.6) is 5.75 Å². The van der Waals surface area contributed by atoms with E-state index in [0.717, 1.165) is 48.5 Å². The third kappa shape index (κ3) is 4.91. The fourth-order valence-electron chi connectivity index (χ4n) is 2.75. The van der Waals surface area contributed by atoms with Crippen LogP contribution in [0.1, 0.15) is 12.8 Å². The Kier molecular flexibility index (Phi) is 5.82. The standard InChI is InChI=1S/C17H21BrN4O/c18-14-12-17(21-20-13-14)22-9-6-15(7-10-22)19-8-11-23-16-4-2-1-3-5-16/h1-5,12-13,15,19H,6-11H2. The average Bonchev–Trinajstić information content (AvgIpc) is 2.60. The van der Waals surface area contributed by atoms with Gasteiger partial charge < -0.3 is 15.0 Å². The highest BCUT2D eigenvalue weighted by atomic mass is 79.9. The predicted octanol–water partition coefficient (Wildman–Crippen LogP) is 2.88. The molecule has 0 bridgehead atoms. The van der Waals surface area contributed by atoms with Crippen LogP contribution in [0.25, 0.3) is 0 Å². The van der Waals surface area contributed by atoms with E-state index in [-0.39, 0.29) is 0 Å². The minimum absolute atomic E-state index is 0.547. The van der Waals surface area contributed by atoms with Gasteiger partial charge in [0.2, 0.25) is 0 Å². The molecule has 1 aliphatic heterocycles. The van der Waals surface area contributed by atoms with Crippen LogP contribution < -0.4 is 15.0 Å². The molecule has 6 heteroatoms. The Morgan fingerprint density at radius 1 is 1.22 bits per heavy atom. The van der Waals surface area contributed by atoms with Crippen LogP contribution in [0.3, 0.4) is 0 Å². The summed E-state index contributed by atoms with van der Waals surface area (Å²) in [5.41, 5.74) is 0. The molecule has 23 heavy (non-hydrogen) atoms. The molecule has 0 radical (unpaired) electrons. The van der Waals surface area contributed by atoms with Crippen LogP contribution in [0, 0.1) is 0 Å². The number of benzene rings is 1. The van der Waals surface area contributed by atoms with Gasteiger partial charge >= 0.3 is 0 Å². The molecule has 2 aromatic rings. The molecule has 3 rings (SSSR count). The van der Waals surface area contributed by atoms with Gasteiger partial charge in [-0.1, -0.05) is 18.2 Å². The monoisotopic (exact) mass is 376 g/mol. The molecule has 1 aromatic heterocycles. The topological polar surface area (TPSA) is 50.3 Å². The average molecular weight is 377 g/mol. The van der Waals surface area contributed by atoms with Gasteiger partial charge in [-0.05, 0) is 47.0 Å². The van der Waals surface area contributed by atoms with Crippen LogP contribution in [0.15, 0.2) is 47.1 Å². The van der Waals surface area contributed by atoms with E-state index in [2.05, 4.69) is 36.3 Å². The highest BCUT2D eigenvalue weighted by Crippen LogP contribution is 2.20. The predicted molar refractivity (Wildman–Crippen MR) is 94.9 cm³/mol. The van der Waals surface area contributed by atoms with E-state index >= 15 is 0 Å². The molecule has 1 N–H and O–H groups in total. The minimum Gasteiger partial charge on any atom is -0.492 e. The molecular weight excluding hydrogens is 356 g/mol. The van der Waals surface area contributed by atoms with Crippen molar-refractivity contribution in [3.63, 3.8) is 0 Å². The van der Waals surface area contributed by atoms with Crippen LogP contribution in [-0.4, -0.2) is 42.5 Å². The number of hydrogen-bond acceptors (Lipinski definition) is 5. The lowest BCUT2D eigenvalue weighted by atomic mass is 10.1. The quantitative estimate of drug-likeness (QED) is 0.785. The van der Waals surface area contributed by atoms with E-state index in [0.29, 0.717) is 12.6 Å². The molecule has 0 amide bonds. The fourth-order valence-corrected chi connectivity index (χ4v) is 3.04. The maximum Gasteiger partial charge on any atom is 0.152 e. The Morgan fingerprint density at radius 2 is 2.00 bits per heavy atom. The van der Waals surface area contributed by atoms with Gasteiger partial charge in [0.25, 0.3) is 0 Å². The van der Waals surface area contributed by atoms with E-state index in [4.69, 9.17) is 4.74 Å². The zero-order valence-electron chi connectivity index (χ0n) is 13.0. The van der Waals surface area contributed by atoms with E-state index in [1.165, 1.54) is 0 Å². The molecule has 0 spiro atoms. The van der Waals surface area contributed by atoms with Crippen LogP contribution >= 0.6 is 15.9 Å². The Labute approximate surface area is 145 Å². The molecule has 1 aromatic carbocycles. The molecule has 5 nitrogen and oxygen atoms in total. The van der Waals surface area contributed by atoms with Gasteiger partial charge in [-0.25, -0.2) is 0 Å². The number of nitrogens with one attached hydrogen (secondary N) is 1. The lowest BCUT2D eigenvalue weighted by molar-refractivity contribution is 0.296. The van der Waals surface area contributed by atoms with Crippen LogP contribution in [0.2, 0.25) is 0 Å². The third-order valence-corrected chi connectivity index (χ3v) is 4.41. The summed E-state index contributed by atoms with van der Waals surface area (Å²) in [6, 6.07) is 12.5. The zero-order valence-corrected chi connectivity index (χ0v) is 14.6. The van der Waals surface area contributed by atoms with Crippen molar-refractivity contribution in [2.24, 2.45) is 0 Å². The van der Waals surface area contributed by atoms with Gasteiger partial charge in [-0.3, -0.25) is 0 Å². The number of halogens is 1. The molecule has 1 fully saturated rings. The van der Waals surface area contributed by atoms with Crippen molar-refractivity contribution in [1.29, 1.82) is 0 Å². The van der Waals surface area contributed by atoms with E-state index in [9.17, 15) is 0 Å². The summed E-state index contributed by atoms with van der Waals surface area (Å²) in [6.07, 6.45) is 3.93. The first kappa shape index (κ1) is 16.2. The van der Waals surface area contributed by atoms with Crippen molar-refractivity contribution in [3.05, 3.63) is 47.1 Å². The summed E-state index contributed by atoms with van der Waals surface area (Å²) in [4.78, 5) is 2.29. The first-order valence-electron chi connectivity index (χ1n) is 7.96. The lowest BCUT2D eigenvalue weighted by Gasteiger charge is -2.33. The summed E-state index contributed by atoms with van der Waals surface area (Å²) in [5, 5.41) is 11.8. The number of anilines is 1. The molecule has 0 unspecified atom stereocenters. The van der Waals surface area contributed by atoms with Gasteiger partial charge in [0.15, 0.2) is 5.82 Å². The Hall–Kier alpha value is -1.66. The summed E-state index contributed by atoms with van der Waals surface area (Å²) >= 11 is 3.45. The molecule has 1 saturated heterocycles. The maximum absolute atomic E-state index is 5.70. The first-order valence-corrected chi connectivity index (χ1v) is 8.75. The highest BCUT2D eigenvalue weighted by molar-refractivity contribution is 9.10. The van der Waals surface area contributed by atoms with Crippen molar-refractivity contribution in [3.8, 4) is 5.75 Å². The van der Waals surface area contributed by atoms with Gasteiger partial charge in [0.1, 0.15) is 12.4 Å². The fraction of sp³-hybridized carbons (Fsp3) is 0.412. The van der Waals surface area contributed by atoms with Gasteiger partial charge in [0, 0.05) is 30.1 Å². The molecule has 122 valence electrons. The van der Waals surface area contributed by atoms with E-state index in [1.807, 2.05) is 36.4 Å². The van der Waals surface area contributed by atoms with Crippen molar-refractivity contribution < 1.29 is 4.74 Å². The molecule has 0 saturated carbocycles. The van der Waals surface area contributed by atoms with Crippen molar-refractivity contribution in [1.82, 2.24) is 15.5 Å². The number of para-hydroxylation sites is 1. The number of aromatic nitrogens is 2. The number of piperidine rings is 1. The summed E-state index contributed by atoms with van der Waals surface area (Å²) in [5.74, 6) is 1.88. The van der Waals surface area contributed by atoms with Crippen molar-refractivity contribution in [2.45, 2.75) is 18.9 Å². The molecule has 2 heterocycles. The maximum atomic E-state index is 5.70. The molecule has 0 atom stereocenters. The summed E-state index contributed by atoms with van der Waals surface area (Å²) < 4.78 is 6.68. The second kappa shape index (κ2) is 8.26. The number of nitrogens with zero attached hydrogens (tertiary/aromatic N) is 3. The first-order chi connectivity index (χ1) is 11.3. The van der Waals surface area contributed by atoms with Gasteiger partial charge in [-0.15, -0.1) is 5.10 Å². The van der Waals surface area contributed by atoms with E-state index in [1.54, 1.807) is 6.20 Å². The lowest BCUT2D eigenvalue weighted by Crippen LogP contribution is -2.44. The number of rotatable bonds is 6. The molecule has 1 aliphatic rings. The van der Waals surface area contributed by atoms with Crippen LogP contribution in [-0.2, 0) is 0 Å². The minimum atomic E-state index is 0.547. The normalized spacial score (nSPS) is 15.6. The van der Waals surface area contributed by atoms with Crippen molar-refractivity contribution in [2.75, 3.05) is 31.1 Å². The summed E-state index contributed by atoms with van der Waals surface area (Å²) in [6.45, 7) is 3.57. The van der Waals surface area contributed by atoms with Crippen molar-refractivity contribution >= 4 is 21.7 Å². The SMILES string of the molecule is Brc1cnnc(N2CCC(NCCOc3ccccc3)CC2)c1. The Morgan fingerprint density at radius 3 is 2.74 bits per heavy atom. The van der Waals surface area contributed by atoms with Gasteiger partial charge in [-0.2, -0.15) is 5.10 Å². The summed E-state index contributed by atoms with van der Waals surface area (Å²) in [7, 11) is 0. The largest absolute Gasteiger partial charge is 0.492 e. The Bertz CT molecular complexity index is 603. The van der Waals surface area contributed by atoms with Crippen LogP contribution in [0.4, 0.5) is 5.82 Å². The molecular formula is C17H21BrN4O. The van der Waals surface area contributed by atoms with Gasteiger partial charge in [0.05, 0.1) is 6.20 Å². The number of ether oxygens (including phenoxy) is 1. The number of hydrogen-bond donors (Lipinski definition) is 1. The molecule has 0 aliphatic carbocycles. The smallest absolute Gasteiger partial charge is 0.152 e. The second-order valence-corrected chi connectivity index (χ2v) is 6.52. The zero-order chi connectivity index (χ0) is 15.9.